The molecule has 5 heteroatoms. The van der Waals surface area contributed by atoms with Crippen LogP contribution in [0.1, 0.15) is 17.2 Å². The van der Waals surface area contributed by atoms with Crippen molar-refractivity contribution in [3.8, 4) is 0 Å². The van der Waals surface area contributed by atoms with Crippen molar-refractivity contribution in [2.75, 3.05) is 12.3 Å². The van der Waals surface area contributed by atoms with Gasteiger partial charge in [-0.15, -0.1) is 0 Å². The number of nitrogens with two attached hydrogens (primary N) is 1. The van der Waals surface area contributed by atoms with Crippen molar-refractivity contribution in [1.82, 2.24) is 0 Å². The zero-order chi connectivity index (χ0) is 11.6. The molecule has 0 spiro atoms. The molecular formula is C10H14FNO3. The van der Waals surface area contributed by atoms with Crippen molar-refractivity contribution in [1.29, 1.82) is 0 Å². The molecule has 2 atom stereocenters. The number of anilines is 1. The normalized spacial score (nSPS) is 15.0. The van der Waals surface area contributed by atoms with Gasteiger partial charge < -0.3 is 21.1 Å². The predicted octanol–water partition coefficient (Wildman–Crippen LogP) is 0.103. The second kappa shape index (κ2) is 4.57. The van der Waals surface area contributed by atoms with Gasteiger partial charge in [0.2, 0.25) is 0 Å². The molecule has 5 N–H and O–H groups in total. The maximum atomic E-state index is 13.0. The van der Waals surface area contributed by atoms with E-state index < -0.39 is 24.6 Å². The van der Waals surface area contributed by atoms with E-state index in [1.165, 1.54) is 6.07 Å². The SMILES string of the molecule is Cc1cc(F)cc(C(O)C(O)CO)c1N. The third kappa shape index (κ3) is 2.44. The zero-order valence-electron chi connectivity index (χ0n) is 8.31. The fourth-order valence-electron chi connectivity index (χ4n) is 1.33. The number of aliphatic hydroxyl groups is 3. The lowest BCUT2D eigenvalue weighted by Crippen LogP contribution is -2.23. The second-order valence-corrected chi connectivity index (χ2v) is 3.42. The highest BCUT2D eigenvalue weighted by molar-refractivity contribution is 5.54. The Bertz CT molecular complexity index is 357. The molecule has 0 aliphatic carbocycles. The van der Waals surface area contributed by atoms with Crippen LogP contribution in [0.25, 0.3) is 0 Å². The minimum atomic E-state index is -1.38. The Hall–Kier alpha value is -1.17. The Balaban J connectivity index is 3.13. The molecule has 0 radical (unpaired) electrons. The van der Waals surface area contributed by atoms with Crippen LogP contribution < -0.4 is 5.73 Å². The summed E-state index contributed by atoms with van der Waals surface area (Å²) in [6.45, 7) is 0.982. The Labute approximate surface area is 86.8 Å². The second-order valence-electron chi connectivity index (χ2n) is 3.42. The summed E-state index contributed by atoms with van der Waals surface area (Å²) in [6.07, 6.45) is -2.75. The summed E-state index contributed by atoms with van der Waals surface area (Å²) in [6, 6.07) is 2.28. The van der Waals surface area contributed by atoms with Crippen LogP contribution in [-0.2, 0) is 0 Å². The topological polar surface area (TPSA) is 86.7 Å². The average Bonchev–Trinajstić information content (AvgIpc) is 2.21. The smallest absolute Gasteiger partial charge is 0.123 e. The van der Waals surface area contributed by atoms with Gasteiger partial charge in [0, 0.05) is 11.3 Å². The van der Waals surface area contributed by atoms with Gasteiger partial charge in [-0.2, -0.15) is 0 Å². The number of hydrogen-bond donors (Lipinski definition) is 4. The first-order chi connectivity index (χ1) is 6.97. The molecule has 84 valence electrons. The number of nitrogen functional groups attached to an aromatic ring is 1. The van der Waals surface area contributed by atoms with Gasteiger partial charge >= 0.3 is 0 Å². The minimum absolute atomic E-state index is 0.0917. The van der Waals surface area contributed by atoms with Gasteiger partial charge in [-0.1, -0.05) is 0 Å². The molecule has 0 aliphatic rings. The Kier molecular flexibility index (Phi) is 3.62. The molecule has 1 rings (SSSR count). The first-order valence-electron chi connectivity index (χ1n) is 4.50. The van der Waals surface area contributed by atoms with Crippen molar-refractivity contribution in [3.05, 3.63) is 29.1 Å². The fraction of sp³-hybridized carbons (Fsp3) is 0.400. The first kappa shape index (κ1) is 11.9. The van der Waals surface area contributed by atoms with E-state index in [2.05, 4.69) is 0 Å². The van der Waals surface area contributed by atoms with Crippen LogP contribution >= 0.6 is 0 Å². The summed E-state index contributed by atoms with van der Waals surface area (Å²) in [5, 5.41) is 27.4. The maximum absolute atomic E-state index is 13.0. The van der Waals surface area contributed by atoms with E-state index in [1.54, 1.807) is 6.92 Å². The largest absolute Gasteiger partial charge is 0.398 e. The molecule has 0 aliphatic heterocycles. The molecule has 2 unspecified atom stereocenters. The number of hydrogen-bond acceptors (Lipinski definition) is 4. The molecule has 0 aromatic heterocycles. The molecule has 15 heavy (non-hydrogen) atoms. The van der Waals surface area contributed by atoms with E-state index in [9.17, 15) is 14.6 Å². The van der Waals surface area contributed by atoms with E-state index in [0.29, 0.717) is 5.56 Å². The molecule has 1 aromatic rings. The molecule has 0 fully saturated rings. The lowest BCUT2D eigenvalue weighted by molar-refractivity contribution is -0.0150. The molecule has 0 bridgehead atoms. The van der Waals surface area contributed by atoms with Crippen molar-refractivity contribution in [2.24, 2.45) is 0 Å². The van der Waals surface area contributed by atoms with Crippen molar-refractivity contribution < 1.29 is 19.7 Å². The van der Waals surface area contributed by atoms with E-state index >= 15 is 0 Å². The highest BCUT2D eigenvalue weighted by atomic mass is 19.1. The van der Waals surface area contributed by atoms with E-state index in [1.807, 2.05) is 0 Å². The predicted molar refractivity (Wildman–Crippen MR) is 53.6 cm³/mol. The van der Waals surface area contributed by atoms with Gasteiger partial charge in [0.15, 0.2) is 0 Å². The van der Waals surface area contributed by atoms with Crippen LogP contribution in [0.4, 0.5) is 10.1 Å². The number of benzene rings is 1. The summed E-state index contributed by atoms with van der Waals surface area (Å²) in [5.41, 5.74) is 6.42. The lowest BCUT2D eigenvalue weighted by atomic mass is 10.00. The fourth-order valence-corrected chi connectivity index (χ4v) is 1.33. The van der Waals surface area contributed by atoms with Crippen LogP contribution in [0.3, 0.4) is 0 Å². The van der Waals surface area contributed by atoms with Gasteiger partial charge in [0.1, 0.15) is 18.0 Å². The summed E-state index contributed by atoms with van der Waals surface area (Å²) in [7, 11) is 0. The molecule has 0 heterocycles. The summed E-state index contributed by atoms with van der Waals surface area (Å²) < 4.78 is 13.0. The Morgan fingerprint density at radius 3 is 2.53 bits per heavy atom. The van der Waals surface area contributed by atoms with Crippen LogP contribution in [0.15, 0.2) is 12.1 Å². The third-order valence-corrected chi connectivity index (χ3v) is 2.25. The molecular weight excluding hydrogens is 201 g/mol. The first-order valence-corrected chi connectivity index (χ1v) is 4.50. The van der Waals surface area contributed by atoms with Crippen LogP contribution in [0.2, 0.25) is 0 Å². The number of halogens is 1. The third-order valence-electron chi connectivity index (χ3n) is 2.25. The van der Waals surface area contributed by atoms with Crippen LogP contribution in [-0.4, -0.2) is 28.0 Å². The van der Waals surface area contributed by atoms with Crippen LogP contribution in [0, 0.1) is 12.7 Å². The number of aliphatic hydroxyl groups excluding tert-OH is 3. The van der Waals surface area contributed by atoms with Crippen LogP contribution in [0.5, 0.6) is 0 Å². The standard InChI is InChI=1S/C10H14FNO3/c1-5-2-6(11)3-7(9(5)12)10(15)8(14)4-13/h2-3,8,10,13-15H,4,12H2,1H3. The van der Waals surface area contributed by atoms with E-state index in [4.69, 9.17) is 10.8 Å². The molecule has 0 saturated heterocycles. The van der Waals surface area contributed by atoms with Gasteiger partial charge in [-0.05, 0) is 24.6 Å². The summed E-state index contributed by atoms with van der Waals surface area (Å²) in [5.74, 6) is -0.541. The van der Waals surface area contributed by atoms with Gasteiger partial charge in [-0.3, -0.25) is 0 Å². The monoisotopic (exact) mass is 215 g/mol. The minimum Gasteiger partial charge on any atom is -0.398 e. The van der Waals surface area contributed by atoms with Gasteiger partial charge in [0.25, 0.3) is 0 Å². The molecule has 1 aromatic carbocycles. The number of aryl methyl sites for hydroxylation is 1. The van der Waals surface area contributed by atoms with Crippen molar-refractivity contribution >= 4 is 5.69 Å². The van der Waals surface area contributed by atoms with Gasteiger partial charge in [0.05, 0.1) is 6.61 Å². The van der Waals surface area contributed by atoms with Gasteiger partial charge in [-0.25, -0.2) is 4.39 Å². The average molecular weight is 215 g/mol. The summed E-state index contributed by atoms with van der Waals surface area (Å²) in [4.78, 5) is 0. The zero-order valence-corrected chi connectivity index (χ0v) is 8.31. The van der Waals surface area contributed by atoms with Crippen molar-refractivity contribution in [3.63, 3.8) is 0 Å². The Morgan fingerprint density at radius 1 is 1.40 bits per heavy atom. The quantitative estimate of drug-likeness (QED) is 0.539. The van der Waals surface area contributed by atoms with E-state index in [-0.39, 0.29) is 11.3 Å². The number of rotatable bonds is 3. The molecule has 4 nitrogen and oxygen atoms in total. The highest BCUT2D eigenvalue weighted by Crippen LogP contribution is 2.27. The highest BCUT2D eigenvalue weighted by Gasteiger charge is 2.21. The van der Waals surface area contributed by atoms with Crippen molar-refractivity contribution in [2.45, 2.75) is 19.1 Å². The molecule has 0 saturated carbocycles. The van der Waals surface area contributed by atoms with E-state index in [0.717, 1.165) is 6.07 Å². The maximum Gasteiger partial charge on any atom is 0.123 e. The Morgan fingerprint density at radius 2 is 2.00 bits per heavy atom. The molecule has 0 amide bonds. The lowest BCUT2D eigenvalue weighted by Gasteiger charge is -2.18. The summed E-state index contributed by atoms with van der Waals surface area (Å²) >= 11 is 0.